The standard InChI is InChI=1S/C18H21NO3/c1-3-21-17-10-8-14(12-18(17)22-4-2)7-9-16(20)15-6-5-11-19-13-15/h5-6,8,10-13H,3-4,7,9H2,1-2H3. The maximum absolute atomic E-state index is 12.1. The van der Waals surface area contributed by atoms with Crippen LogP contribution in [-0.2, 0) is 6.42 Å². The van der Waals surface area contributed by atoms with Gasteiger partial charge in [0.2, 0.25) is 0 Å². The second-order valence-corrected chi connectivity index (χ2v) is 4.81. The van der Waals surface area contributed by atoms with Gasteiger partial charge in [-0.05, 0) is 50.1 Å². The molecule has 22 heavy (non-hydrogen) atoms. The Labute approximate surface area is 131 Å². The number of rotatable bonds is 8. The van der Waals surface area contributed by atoms with Gasteiger partial charge in [-0.25, -0.2) is 0 Å². The molecule has 4 heteroatoms. The number of ether oxygens (including phenoxy) is 2. The number of pyridine rings is 1. The van der Waals surface area contributed by atoms with Crippen LogP contribution in [0.1, 0.15) is 36.2 Å². The number of carbonyl (C=O) groups excluding carboxylic acids is 1. The van der Waals surface area contributed by atoms with Gasteiger partial charge in [-0.1, -0.05) is 6.07 Å². The van der Waals surface area contributed by atoms with Gasteiger partial charge in [0.15, 0.2) is 17.3 Å². The lowest BCUT2D eigenvalue weighted by molar-refractivity contribution is 0.0982. The van der Waals surface area contributed by atoms with E-state index >= 15 is 0 Å². The largest absolute Gasteiger partial charge is 0.490 e. The minimum absolute atomic E-state index is 0.0972. The van der Waals surface area contributed by atoms with Crippen LogP contribution in [0.15, 0.2) is 42.7 Å². The van der Waals surface area contributed by atoms with Crippen LogP contribution >= 0.6 is 0 Å². The Morgan fingerprint density at radius 1 is 1.09 bits per heavy atom. The molecule has 0 saturated carbocycles. The molecule has 1 aromatic carbocycles. The molecule has 2 aromatic rings. The van der Waals surface area contributed by atoms with Crippen LogP contribution in [0.5, 0.6) is 11.5 Å². The molecular weight excluding hydrogens is 278 g/mol. The number of benzene rings is 1. The number of aromatic nitrogens is 1. The average molecular weight is 299 g/mol. The molecule has 4 nitrogen and oxygen atoms in total. The first-order valence-electron chi connectivity index (χ1n) is 7.56. The number of Topliss-reactive ketones (excluding diaryl/α,β-unsaturated/α-hetero) is 1. The van der Waals surface area contributed by atoms with Crippen molar-refractivity contribution in [3.8, 4) is 11.5 Å². The van der Waals surface area contributed by atoms with Crippen molar-refractivity contribution in [1.29, 1.82) is 0 Å². The van der Waals surface area contributed by atoms with Crippen LogP contribution in [0, 0.1) is 0 Å². The van der Waals surface area contributed by atoms with Gasteiger partial charge in [-0.15, -0.1) is 0 Å². The van der Waals surface area contributed by atoms with Gasteiger partial charge in [-0.2, -0.15) is 0 Å². The van der Waals surface area contributed by atoms with Crippen molar-refractivity contribution in [3.05, 3.63) is 53.9 Å². The summed E-state index contributed by atoms with van der Waals surface area (Å²) >= 11 is 0. The summed E-state index contributed by atoms with van der Waals surface area (Å²) in [7, 11) is 0. The van der Waals surface area contributed by atoms with Crippen molar-refractivity contribution >= 4 is 5.78 Å². The molecule has 0 N–H and O–H groups in total. The molecule has 0 fully saturated rings. The Bertz CT molecular complexity index is 611. The summed E-state index contributed by atoms with van der Waals surface area (Å²) in [4.78, 5) is 16.1. The molecule has 1 aromatic heterocycles. The summed E-state index contributed by atoms with van der Waals surface area (Å²) < 4.78 is 11.1. The van der Waals surface area contributed by atoms with Crippen LogP contribution in [0.25, 0.3) is 0 Å². The molecule has 0 spiro atoms. The predicted molar refractivity (Wildman–Crippen MR) is 85.7 cm³/mol. The average Bonchev–Trinajstić information content (AvgIpc) is 2.56. The molecule has 0 aliphatic rings. The Morgan fingerprint density at radius 3 is 2.55 bits per heavy atom. The topological polar surface area (TPSA) is 48.4 Å². The summed E-state index contributed by atoms with van der Waals surface area (Å²) in [6.45, 7) is 5.06. The molecule has 0 amide bonds. The molecule has 0 unspecified atom stereocenters. The van der Waals surface area contributed by atoms with E-state index in [4.69, 9.17) is 9.47 Å². The lowest BCUT2D eigenvalue weighted by atomic mass is 10.0. The zero-order valence-electron chi connectivity index (χ0n) is 13.0. The molecule has 0 aliphatic heterocycles. The van der Waals surface area contributed by atoms with E-state index in [1.54, 1.807) is 24.5 Å². The quantitative estimate of drug-likeness (QED) is 0.697. The Kier molecular flexibility index (Phi) is 5.95. The summed E-state index contributed by atoms with van der Waals surface area (Å²) in [6.07, 6.45) is 4.38. The van der Waals surface area contributed by atoms with Gasteiger partial charge in [0.05, 0.1) is 13.2 Å². The molecule has 0 saturated heterocycles. The van der Waals surface area contributed by atoms with Crippen LogP contribution in [0.3, 0.4) is 0 Å². The Morgan fingerprint density at radius 2 is 1.86 bits per heavy atom. The monoisotopic (exact) mass is 299 g/mol. The Balaban J connectivity index is 2.03. The van der Waals surface area contributed by atoms with Gasteiger partial charge >= 0.3 is 0 Å². The fourth-order valence-corrected chi connectivity index (χ4v) is 2.18. The lowest BCUT2D eigenvalue weighted by Gasteiger charge is -2.12. The van der Waals surface area contributed by atoms with Crippen LogP contribution < -0.4 is 9.47 Å². The van der Waals surface area contributed by atoms with Crippen molar-refractivity contribution in [1.82, 2.24) is 4.98 Å². The van der Waals surface area contributed by atoms with Crippen molar-refractivity contribution in [2.75, 3.05) is 13.2 Å². The Hall–Kier alpha value is -2.36. The van der Waals surface area contributed by atoms with Gasteiger partial charge in [-0.3, -0.25) is 9.78 Å². The fraction of sp³-hybridized carbons (Fsp3) is 0.333. The first-order valence-corrected chi connectivity index (χ1v) is 7.56. The van der Waals surface area contributed by atoms with Gasteiger partial charge < -0.3 is 9.47 Å². The smallest absolute Gasteiger partial charge is 0.164 e. The second kappa shape index (κ2) is 8.17. The molecule has 2 rings (SSSR count). The van der Waals surface area contributed by atoms with E-state index in [0.717, 1.165) is 17.1 Å². The maximum atomic E-state index is 12.1. The van der Waals surface area contributed by atoms with Crippen molar-refractivity contribution in [3.63, 3.8) is 0 Å². The molecule has 0 atom stereocenters. The maximum Gasteiger partial charge on any atom is 0.164 e. The van der Waals surface area contributed by atoms with Gasteiger partial charge in [0.1, 0.15) is 0 Å². The highest BCUT2D eigenvalue weighted by molar-refractivity contribution is 5.95. The summed E-state index contributed by atoms with van der Waals surface area (Å²) in [5.41, 5.74) is 1.71. The van der Waals surface area contributed by atoms with E-state index < -0.39 is 0 Å². The van der Waals surface area contributed by atoms with E-state index in [-0.39, 0.29) is 5.78 Å². The van der Waals surface area contributed by atoms with Crippen LogP contribution in [0.4, 0.5) is 0 Å². The van der Waals surface area contributed by atoms with Crippen molar-refractivity contribution < 1.29 is 14.3 Å². The number of ketones is 1. The normalized spacial score (nSPS) is 10.3. The zero-order chi connectivity index (χ0) is 15.8. The molecule has 0 radical (unpaired) electrons. The lowest BCUT2D eigenvalue weighted by Crippen LogP contribution is -2.03. The third-order valence-electron chi connectivity index (χ3n) is 3.23. The molecule has 0 bridgehead atoms. The molecule has 116 valence electrons. The highest BCUT2D eigenvalue weighted by Crippen LogP contribution is 2.29. The zero-order valence-corrected chi connectivity index (χ0v) is 13.0. The van der Waals surface area contributed by atoms with E-state index in [1.807, 2.05) is 32.0 Å². The predicted octanol–water partition coefficient (Wildman–Crippen LogP) is 3.69. The van der Waals surface area contributed by atoms with E-state index in [9.17, 15) is 4.79 Å². The number of hydrogen-bond acceptors (Lipinski definition) is 4. The molecule has 0 aliphatic carbocycles. The van der Waals surface area contributed by atoms with E-state index in [1.165, 1.54) is 0 Å². The number of hydrogen-bond donors (Lipinski definition) is 0. The van der Waals surface area contributed by atoms with Crippen molar-refractivity contribution in [2.24, 2.45) is 0 Å². The summed E-state index contributed by atoms with van der Waals surface area (Å²) in [6, 6.07) is 9.39. The number of nitrogens with zero attached hydrogens (tertiary/aromatic N) is 1. The fourth-order valence-electron chi connectivity index (χ4n) is 2.18. The highest BCUT2D eigenvalue weighted by atomic mass is 16.5. The van der Waals surface area contributed by atoms with Gasteiger partial charge in [0, 0.05) is 24.4 Å². The minimum atomic E-state index is 0.0972. The number of carbonyl (C=O) groups is 1. The highest BCUT2D eigenvalue weighted by Gasteiger charge is 2.09. The second-order valence-electron chi connectivity index (χ2n) is 4.81. The first kappa shape index (κ1) is 16.0. The van der Waals surface area contributed by atoms with Gasteiger partial charge in [0.25, 0.3) is 0 Å². The minimum Gasteiger partial charge on any atom is -0.490 e. The molecular formula is C18H21NO3. The summed E-state index contributed by atoms with van der Waals surface area (Å²) in [5, 5.41) is 0. The van der Waals surface area contributed by atoms with E-state index in [0.29, 0.717) is 31.6 Å². The SMILES string of the molecule is CCOc1ccc(CCC(=O)c2cccnc2)cc1OCC. The number of aryl methyl sites for hydroxylation is 1. The van der Waals surface area contributed by atoms with E-state index in [2.05, 4.69) is 4.98 Å². The van der Waals surface area contributed by atoms with Crippen LogP contribution in [0.2, 0.25) is 0 Å². The van der Waals surface area contributed by atoms with Crippen molar-refractivity contribution in [2.45, 2.75) is 26.7 Å². The third-order valence-corrected chi connectivity index (χ3v) is 3.23. The summed E-state index contributed by atoms with van der Waals surface area (Å²) in [5.74, 6) is 1.57. The molecule has 1 heterocycles. The van der Waals surface area contributed by atoms with Crippen LogP contribution in [-0.4, -0.2) is 24.0 Å². The third kappa shape index (κ3) is 4.32. The first-order chi connectivity index (χ1) is 10.7.